The molecule has 2 unspecified atom stereocenters. The quantitative estimate of drug-likeness (QED) is 0.708. The summed E-state index contributed by atoms with van der Waals surface area (Å²) in [6.07, 6.45) is 6.43. The molecule has 0 aliphatic heterocycles. The number of carbonyl (C=O) groups is 2. The Bertz CT molecular complexity index is 858. The first-order valence-corrected chi connectivity index (χ1v) is 10.8. The van der Waals surface area contributed by atoms with Crippen LogP contribution in [0.4, 0.5) is 0 Å². The Morgan fingerprint density at radius 3 is 2.14 bits per heavy atom. The first kappa shape index (κ1) is 21.1. The number of aryl methyl sites for hydroxylation is 3. The SMILES string of the molecule is CCc1ccc(C(C)NC(=O)C(=O)NC(CC)c2ccc3c(c2)CCCC3)cc1. The van der Waals surface area contributed by atoms with E-state index in [0.29, 0.717) is 0 Å². The number of carbonyl (C=O) groups excluding carboxylic acids is 2. The fourth-order valence-electron chi connectivity index (χ4n) is 4.00. The van der Waals surface area contributed by atoms with Crippen LogP contribution < -0.4 is 10.6 Å². The summed E-state index contributed by atoms with van der Waals surface area (Å²) in [5, 5.41) is 5.73. The van der Waals surface area contributed by atoms with E-state index in [9.17, 15) is 9.59 Å². The van der Waals surface area contributed by atoms with E-state index in [1.54, 1.807) is 0 Å². The predicted octanol–water partition coefficient (Wildman–Crippen LogP) is 4.57. The molecule has 154 valence electrons. The van der Waals surface area contributed by atoms with Crippen LogP contribution in [0.2, 0.25) is 0 Å². The Morgan fingerprint density at radius 2 is 1.48 bits per heavy atom. The van der Waals surface area contributed by atoms with E-state index in [-0.39, 0.29) is 12.1 Å². The Balaban J connectivity index is 1.61. The van der Waals surface area contributed by atoms with Gasteiger partial charge < -0.3 is 10.6 Å². The van der Waals surface area contributed by atoms with Gasteiger partial charge in [-0.3, -0.25) is 9.59 Å². The molecule has 0 fully saturated rings. The van der Waals surface area contributed by atoms with Crippen LogP contribution in [0.1, 0.15) is 79.9 Å². The molecule has 2 atom stereocenters. The lowest BCUT2D eigenvalue weighted by atomic mass is 9.89. The molecule has 1 aliphatic carbocycles. The van der Waals surface area contributed by atoms with Gasteiger partial charge in [-0.15, -0.1) is 0 Å². The smallest absolute Gasteiger partial charge is 0.309 e. The third-order valence-electron chi connectivity index (χ3n) is 5.93. The van der Waals surface area contributed by atoms with Crippen molar-refractivity contribution < 1.29 is 9.59 Å². The number of amides is 2. The molecule has 0 saturated carbocycles. The van der Waals surface area contributed by atoms with Gasteiger partial charge in [0, 0.05) is 0 Å². The Hall–Kier alpha value is -2.62. The van der Waals surface area contributed by atoms with Crippen LogP contribution >= 0.6 is 0 Å². The molecule has 0 bridgehead atoms. The van der Waals surface area contributed by atoms with Gasteiger partial charge in [0.25, 0.3) is 0 Å². The molecule has 0 aromatic heterocycles. The first-order valence-electron chi connectivity index (χ1n) is 10.8. The molecule has 4 nitrogen and oxygen atoms in total. The highest BCUT2D eigenvalue weighted by molar-refractivity contribution is 6.35. The molecular weight excluding hydrogens is 360 g/mol. The predicted molar refractivity (Wildman–Crippen MR) is 117 cm³/mol. The Kier molecular flexibility index (Phi) is 7.08. The highest BCUT2D eigenvalue weighted by atomic mass is 16.2. The molecule has 0 saturated heterocycles. The Morgan fingerprint density at radius 1 is 0.862 bits per heavy atom. The summed E-state index contributed by atoms with van der Waals surface area (Å²) in [5.74, 6) is -1.17. The molecular formula is C25H32N2O2. The normalized spacial score (nSPS) is 15.1. The van der Waals surface area contributed by atoms with Crippen LogP contribution in [0.3, 0.4) is 0 Å². The molecule has 2 amide bonds. The van der Waals surface area contributed by atoms with Crippen molar-refractivity contribution in [3.05, 3.63) is 70.3 Å². The summed E-state index contributed by atoms with van der Waals surface area (Å²) in [6, 6.07) is 14.2. The minimum Gasteiger partial charge on any atom is -0.341 e. The summed E-state index contributed by atoms with van der Waals surface area (Å²) in [7, 11) is 0. The lowest BCUT2D eigenvalue weighted by Gasteiger charge is -2.22. The van der Waals surface area contributed by atoms with E-state index in [2.05, 4.69) is 47.9 Å². The van der Waals surface area contributed by atoms with Gasteiger partial charge in [-0.1, -0.05) is 56.3 Å². The van der Waals surface area contributed by atoms with E-state index in [0.717, 1.165) is 36.8 Å². The average molecular weight is 393 g/mol. The number of rotatable bonds is 6. The standard InChI is InChI=1S/C25H32N2O2/c1-4-18-10-12-19(13-11-18)17(3)26-24(28)25(29)27-23(5-2)22-15-14-20-8-6-7-9-21(20)16-22/h10-17,23H,4-9H2,1-3H3,(H,26,28)(H,27,29). The molecule has 0 heterocycles. The second-order valence-electron chi connectivity index (χ2n) is 7.96. The van der Waals surface area contributed by atoms with Crippen molar-refractivity contribution >= 4 is 11.8 Å². The zero-order valence-electron chi connectivity index (χ0n) is 17.8. The second-order valence-corrected chi connectivity index (χ2v) is 7.96. The highest BCUT2D eigenvalue weighted by Gasteiger charge is 2.21. The maximum absolute atomic E-state index is 12.5. The van der Waals surface area contributed by atoms with Crippen molar-refractivity contribution in [1.29, 1.82) is 0 Å². The fraction of sp³-hybridized carbons (Fsp3) is 0.440. The molecule has 1 aliphatic rings. The maximum atomic E-state index is 12.5. The van der Waals surface area contributed by atoms with Gasteiger partial charge in [0.15, 0.2) is 0 Å². The molecule has 4 heteroatoms. The molecule has 3 rings (SSSR count). The van der Waals surface area contributed by atoms with Crippen molar-refractivity contribution in [2.45, 2.75) is 71.4 Å². The zero-order valence-corrected chi connectivity index (χ0v) is 17.8. The van der Waals surface area contributed by atoms with Gasteiger partial charge in [-0.2, -0.15) is 0 Å². The summed E-state index contributed by atoms with van der Waals surface area (Å²) in [4.78, 5) is 25.0. The van der Waals surface area contributed by atoms with E-state index >= 15 is 0 Å². The van der Waals surface area contributed by atoms with Gasteiger partial charge >= 0.3 is 11.8 Å². The van der Waals surface area contributed by atoms with Crippen molar-refractivity contribution in [1.82, 2.24) is 10.6 Å². The molecule has 2 N–H and O–H groups in total. The summed E-state index contributed by atoms with van der Waals surface area (Å²) >= 11 is 0. The van der Waals surface area contributed by atoms with Gasteiger partial charge in [0.1, 0.15) is 0 Å². The number of hydrogen-bond acceptors (Lipinski definition) is 2. The number of benzene rings is 2. The van der Waals surface area contributed by atoms with Crippen LogP contribution in [0.15, 0.2) is 42.5 Å². The van der Waals surface area contributed by atoms with E-state index in [4.69, 9.17) is 0 Å². The highest BCUT2D eigenvalue weighted by Crippen LogP contribution is 2.26. The molecule has 0 spiro atoms. The third kappa shape index (κ3) is 5.26. The lowest BCUT2D eigenvalue weighted by Crippen LogP contribution is -2.42. The third-order valence-corrected chi connectivity index (χ3v) is 5.93. The van der Waals surface area contributed by atoms with Crippen LogP contribution in [-0.4, -0.2) is 11.8 Å². The van der Waals surface area contributed by atoms with Gasteiger partial charge in [-0.25, -0.2) is 0 Å². The molecule has 2 aromatic carbocycles. The fourth-order valence-corrected chi connectivity index (χ4v) is 4.00. The average Bonchev–Trinajstić information content (AvgIpc) is 2.76. The van der Waals surface area contributed by atoms with E-state index in [1.807, 2.05) is 26.0 Å². The van der Waals surface area contributed by atoms with Crippen molar-refractivity contribution in [2.24, 2.45) is 0 Å². The van der Waals surface area contributed by atoms with Crippen LogP contribution in [-0.2, 0) is 28.9 Å². The number of nitrogens with one attached hydrogen (secondary N) is 2. The lowest BCUT2D eigenvalue weighted by molar-refractivity contribution is -0.140. The van der Waals surface area contributed by atoms with E-state index in [1.165, 1.54) is 29.5 Å². The maximum Gasteiger partial charge on any atom is 0.309 e. The van der Waals surface area contributed by atoms with Gasteiger partial charge in [0.2, 0.25) is 0 Å². The summed E-state index contributed by atoms with van der Waals surface area (Å²) in [5.41, 5.74) is 6.13. The first-order chi connectivity index (χ1) is 14.0. The van der Waals surface area contributed by atoms with Crippen LogP contribution in [0, 0.1) is 0 Å². The largest absolute Gasteiger partial charge is 0.341 e. The molecule has 29 heavy (non-hydrogen) atoms. The van der Waals surface area contributed by atoms with Crippen molar-refractivity contribution in [3.8, 4) is 0 Å². The molecule has 0 radical (unpaired) electrons. The monoisotopic (exact) mass is 392 g/mol. The van der Waals surface area contributed by atoms with Crippen molar-refractivity contribution in [3.63, 3.8) is 0 Å². The Labute approximate surface area is 174 Å². The summed E-state index contributed by atoms with van der Waals surface area (Å²) in [6.45, 7) is 6.03. The minimum absolute atomic E-state index is 0.153. The number of hydrogen-bond donors (Lipinski definition) is 2. The van der Waals surface area contributed by atoms with E-state index < -0.39 is 11.8 Å². The van der Waals surface area contributed by atoms with Crippen LogP contribution in [0.25, 0.3) is 0 Å². The van der Waals surface area contributed by atoms with Gasteiger partial charge in [0.05, 0.1) is 12.1 Å². The molecule has 2 aromatic rings. The number of fused-ring (bicyclic) bond motifs is 1. The summed E-state index contributed by atoms with van der Waals surface area (Å²) < 4.78 is 0. The van der Waals surface area contributed by atoms with Crippen LogP contribution in [0.5, 0.6) is 0 Å². The zero-order chi connectivity index (χ0) is 20.8. The van der Waals surface area contributed by atoms with Crippen molar-refractivity contribution in [2.75, 3.05) is 0 Å². The second kappa shape index (κ2) is 9.73. The minimum atomic E-state index is -0.589. The van der Waals surface area contributed by atoms with Gasteiger partial charge in [-0.05, 0) is 73.3 Å². The topological polar surface area (TPSA) is 58.2 Å².